The van der Waals surface area contributed by atoms with E-state index < -0.39 is 0 Å². The van der Waals surface area contributed by atoms with Crippen LogP contribution in [0, 0.1) is 5.82 Å². The fraction of sp³-hybridized carbons (Fsp3) is 0.300. The fourth-order valence-electron chi connectivity index (χ4n) is 3.18. The van der Waals surface area contributed by atoms with Crippen LogP contribution < -0.4 is 4.90 Å². The van der Waals surface area contributed by atoms with Gasteiger partial charge in [0.1, 0.15) is 5.82 Å². The summed E-state index contributed by atoms with van der Waals surface area (Å²) in [7, 11) is 0. The lowest BCUT2D eigenvalue weighted by atomic mass is 10.1. The third-order valence-corrected chi connectivity index (χ3v) is 6.38. The summed E-state index contributed by atoms with van der Waals surface area (Å²) in [5.74, 6) is -0.544. The van der Waals surface area contributed by atoms with E-state index in [1.165, 1.54) is 35.6 Å². The topological polar surface area (TPSA) is 42.4 Å². The lowest BCUT2D eigenvalue weighted by molar-refractivity contribution is 0.0917. The number of benzene rings is 2. The van der Waals surface area contributed by atoms with Gasteiger partial charge in [-0.2, -0.15) is 0 Å². The highest BCUT2D eigenvalue weighted by Gasteiger charge is 2.27. The van der Waals surface area contributed by atoms with Gasteiger partial charge in [-0.3, -0.25) is 9.69 Å². The van der Waals surface area contributed by atoms with Gasteiger partial charge in [-0.15, -0.1) is 11.8 Å². The first-order valence-corrected chi connectivity index (χ1v) is 10.8. The normalized spacial score (nSPS) is 16.7. The molecule has 0 spiro atoms. The van der Waals surface area contributed by atoms with Crippen molar-refractivity contribution in [1.82, 2.24) is 4.98 Å². The third-order valence-electron chi connectivity index (χ3n) is 4.57. The van der Waals surface area contributed by atoms with Gasteiger partial charge in [0.2, 0.25) is 0 Å². The standard InChI is InChI=1S/C20H19FN2O2S2/c1-26-16-5-2-6-17-18(16)22-20(27-17)23(12-15-4-3-11-25-15)19(24)13-7-9-14(21)10-8-13/h2,5-10,15H,3-4,11-12H2,1H3/t15-/m1/s1. The van der Waals surface area contributed by atoms with E-state index in [1.54, 1.807) is 16.7 Å². The first kappa shape index (κ1) is 18.4. The molecule has 0 bridgehead atoms. The molecule has 1 atom stereocenters. The van der Waals surface area contributed by atoms with Gasteiger partial charge in [-0.05, 0) is 55.5 Å². The molecule has 1 aliphatic rings. The molecule has 2 aromatic carbocycles. The van der Waals surface area contributed by atoms with E-state index >= 15 is 0 Å². The molecule has 0 aliphatic carbocycles. The zero-order chi connectivity index (χ0) is 18.8. The minimum Gasteiger partial charge on any atom is -0.376 e. The third kappa shape index (κ3) is 3.85. The van der Waals surface area contributed by atoms with Gasteiger partial charge in [0.15, 0.2) is 5.13 Å². The van der Waals surface area contributed by atoms with Crippen molar-refractivity contribution in [3.63, 3.8) is 0 Å². The number of carbonyl (C=O) groups is 1. The number of hydrogen-bond acceptors (Lipinski definition) is 5. The Morgan fingerprint density at radius 1 is 1.33 bits per heavy atom. The number of fused-ring (bicyclic) bond motifs is 1. The monoisotopic (exact) mass is 402 g/mol. The zero-order valence-electron chi connectivity index (χ0n) is 14.9. The molecule has 140 valence electrons. The van der Waals surface area contributed by atoms with Gasteiger partial charge >= 0.3 is 0 Å². The Bertz CT molecular complexity index is 952. The van der Waals surface area contributed by atoms with Crippen molar-refractivity contribution in [2.45, 2.75) is 23.8 Å². The van der Waals surface area contributed by atoms with Gasteiger partial charge in [0.25, 0.3) is 5.91 Å². The van der Waals surface area contributed by atoms with E-state index in [-0.39, 0.29) is 17.8 Å². The van der Waals surface area contributed by atoms with E-state index in [0.717, 1.165) is 34.6 Å². The molecule has 1 amide bonds. The van der Waals surface area contributed by atoms with Crippen molar-refractivity contribution >= 4 is 44.4 Å². The van der Waals surface area contributed by atoms with Gasteiger partial charge < -0.3 is 4.74 Å². The molecule has 27 heavy (non-hydrogen) atoms. The van der Waals surface area contributed by atoms with Crippen molar-refractivity contribution in [2.75, 3.05) is 24.3 Å². The molecule has 1 aromatic heterocycles. The van der Waals surface area contributed by atoms with Crippen molar-refractivity contribution in [1.29, 1.82) is 0 Å². The summed E-state index contributed by atoms with van der Waals surface area (Å²) in [6, 6.07) is 11.7. The van der Waals surface area contributed by atoms with Crippen LogP contribution in [0.4, 0.5) is 9.52 Å². The van der Waals surface area contributed by atoms with E-state index in [4.69, 9.17) is 9.72 Å². The van der Waals surface area contributed by atoms with Crippen LogP contribution in [0.15, 0.2) is 47.4 Å². The number of thioether (sulfide) groups is 1. The van der Waals surface area contributed by atoms with Crippen LogP contribution in [0.3, 0.4) is 0 Å². The van der Waals surface area contributed by atoms with E-state index in [1.807, 2.05) is 24.5 Å². The number of rotatable bonds is 5. The largest absolute Gasteiger partial charge is 0.376 e. The van der Waals surface area contributed by atoms with Crippen LogP contribution in [-0.2, 0) is 4.74 Å². The number of aromatic nitrogens is 1. The number of halogens is 1. The second kappa shape index (κ2) is 7.96. The summed E-state index contributed by atoms with van der Waals surface area (Å²) in [6.45, 7) is 1.17. The molecule has 0 unspecified atom stereocenters. The van der Waals surface area contributed by atoms with Gasteiger partial charge in [-0.1, -0.05) is 17.4 Å². The number of carbonyl (C=O) groups excluding carboxylic acids is 1. The van der Waals surface area contributed by atoms with Gasteiger partial charge in [0, 0.05) is 17.1 Å². The smallest absolute Gasteiger partial charge is 0.260 e. The average Bonchev–Trinajstić information content (AvgIpc) is 3.35. The maximum Gasteiger partial charge on any atom is 0.260 e. The molecule has 1 fully saturated rings. The summed E-state index contributed by atoms with van der Waals surface area (Å²) >= 11 is 3.13. The Kier molecular flexibility index (Phi) is 5.43. The average molecular weight is 403 g/mol. The molecule has 1 aliphatic heterocycles. The first-order chi connectivity index (χ1) is 13.2. The van der Waals surface area contributed by atoms with Crippen molar-refractivity contribution < 1.29 is 13.9 Å². The van der Waals surface area contributed by atoms with E-state index in [9.17, 15) is 9.18 Å². The Hall–Kier alpha value is -1.96. The highest BCUT2D eigenvalue weighted by Crippen LogP contribution is 2.35. The number of para-hydroxylation sites is 1. The molecular formula is C20H19FN2O2S2. The quantitative estimate of drug-likeness (QED) is 0.564. The molecule has 0 saturated carbocycles. The Labute approximate surface area is 165 Å². The Morgan fingerprint density at radius 3 is 2.85 bits per heavy atom. The molecule has 0 radical (unpaired) electrons. The molecule has 4 nitrogen and oxygen atoms in total. The predicted octanol–water partition coefficient (Wildman–Crippen LogP) is 4.98. The summed E-state index contributed by atoms with van der Waals surface area (Å²) in [5, 5.41) is 0.649. The van der Waals surface area contributed by atoms with Crippen LogP contribution in [0.2, 0.25) is 0 Å². The number of thiazole rings is 1. The second-order valence-electron chi connectivity index (χ2n) is 6.36. The summed E-state index contributed by atoms with van der Waals surface area (Å²) in [5.41, 5.74) is 1.35. The van der Waals surface area contributed by atoms with Crippen molar-refractivity contribution in [2.24, 2.45) is 0 Å². The molecule has 7 heteroatoms. The van der Waals surface area contributed by atoms with E-state index in [0.29, 0.717) is 17.2 Å². The maximum atomic E-state index is 13.3. The predicted molar refractivity (Wildman–Crippen MR) is 108 cm³/mol. The molecule has 4 rings (SSSR count). The molecule has 3 aromatic rings. The fourth-order valence-corrected chi connectivity index (χ4v) is 4.81. The number of anilines is 1. The van der Waals surface area contributed by atoms with Crippen LogP contribution in [0.1, 0.15) is 23.2 Å². The summed E-state index contributed by atoms with van der Waals surface area (Å²) in [4.78, 5) is 20.7. The van der Waals surface area contributed by atoms with Crippen molar-refractivity contribution in [3.8, 4) is 0 Å². The molecular weight excluding hydrogens is 383 g/mol. The van der Waals surface area contributed by atoms with Crippen molar-refractivity contribution in [3.05, 3.63) is 53.8 Å². The van der Waals surface area contributed by atoms with Gasteiger partial charge in [0.05, 0.1) is 22.9 Å². The van der Waals surface area contributed by atoms with Crippen LogP contribution in [0.5, 0.6) is 0 Å². The Morgan fingerprint density at radius 2 is 2.15 bits per heavy atom. The Balaban J connectivity index is 1.73. The van der Waals surface area contributed by atoms with Gasteiger partial charge in [-0.25, -0.2) is 9.37 Å². The summed E-state index contributed by atoms with van der Waals surface area (Å²) in [6.07, 6.45) is 3.94. The highest BCUT2D eigenvalue weighted by molar-refractivity contribution is 7.98. The first-order valence-electron chi connectivity index (χ1n) is 8.78. The highest BCUT2D eigenvalue weighted by atomic mass is 32.2. The van der Waals surface area contributed by atoms with Crippen LogP contribution in [0.25, 0.3) is 10.2 Å². The number of nitrogens with zero attached hydrogens (tertiary/aromatic N) is 2. The minimum absolute atomic E-state index is 0.00133. The number of ether oxygens (including phenoxy) is 1. The molecule has 2 heterocycles. The molecule has 1 saturated heterocycles. The SMILES string of the molecule is CSc1cccc2sc(N(C[C@H]3CCCO3)C(=O)c3ccc(F)cc3)nc12. The van der Waals surface area contributed by atoms with Crippen LogP contribution in [-0.4, -0.2) is 36.4 Å². The maximum absolute atomic E-state index is 13.3. The molecule has 0 N–H and O–H groups in total. The number of hydrogen-bond donors (Lipinski definition) is 0. The second-order valence-corrected chi connectivity index (χ2v) is 8.22. The number of amides is 1. The lowest BCUT2D eigenvalue weighted by Crippen LogP contribution is -2.37. The minimum atomic E-state index is -0.359. The zero-order valence-corrected chi connectivity index (χ0v) is 16.5. The lowest BCUT2D eigenvalue weighted by Gasteiger charge is -2.23. The van der Waals surface area contributed by atoms with E-state index in [2.05, 4.69) is 0 Å². The van der Waals surface area contributed by atoms with Crippen LogP contribution >= 0.6 is 23.1 Å². The summed E-state index contributed by atoms with van der Waals surface area (Å²) < 4.78 is 20.1.